The van der Waals surface area contributed by atoms with Crippen LogP contribution in [0.15, 0.2) is 5.38 Å². The number of rotatable bonds is 1. The summed E-state index contributed by atoms with van der Waals surface area (Å²) >= 11 is 1.75. The van der Waals surface area contributed by atoms with Crippen LogP contribution in [-0.2, 0) is 0 Å². The number of hydrogen-bond donors (Lipinski definition) is 1. The molecule has 1 aliphatic heterocycles. The van der Waals surface area contributed by atoms with Crippen LogP contribution in [0, 0.1) is 6.92 Å². The quantitative estimate of drug-likeness (QED) is 0.688. The molecule has 60 valence electrons. The molecule has 1 aromatic rings. The summed E-state index contributed by atoms with van der Waals surface area (Å²) in [4.78, 5) is 4.47. The fraction of sp³-hybridized carbons (Fsp3) is 0.625. The Hall–Kier alpha value is -0.410. The van der Waals surface area contributed by atoms with Crippen LogP contribution in [0.2, 0.25) is 0 Å². The molecule has 3 heteroatoms. The van der Waals surface area contributed by atoms with E-state index < -0.39 is 0 Å². The van der Waals surface area contributed by atoms with E-state index in [-0.39, 0.29) is 0 Å². The Bertz CT molecular complexity index is 238. The van der Waals surface area contributed by atoms with E-state index in [0.29, 0.717) is 5.92 Å². The minimum atomic E-state index is 0.681. The summed E-state index contributed by atoms with van der Waals surface area (Å²) in [6, 6.07) is 0. The Balaban J connectivity index is 2.15. The van der Waals surface area contributed by atoms with Gasteiger partial charge < -0.3 is 5.32 Å². The van der Waals surface area contributed by atoms with Crippen LogP contribution in [0.5, 0.6) is 0 Å². The van der Waals surface area contributed by atoms with Gasteiger partial charge in [0.25, 0.3) is 0 Å². The largest absolute Gasteiger partial charge is 0.316 e. The van der Waals surface area contributed by atoms with Crippen LogP contribution in [0.1, 0.15) is 23.0 Å². The van der Waals surface area contributed by atoms with Gasteiger partial charge in [0, 0.05) is 17.8 Å². The van der Waals surface area contributed by atoms with Crippen molar-refractivity contribution >= 4 is 11.3 Å². The number of thiazole rings is 1. The molecule has 0 aromatic carbocycles. The van der Waals surface area contributed by atoms with Crippen molar-refractivity contribution in [1.82, 2.24) is 10.3 Å². The highest BCUT2D eigenvalue weighted by molar-refractivity contribution is 7.09. The first-order valence-electron chi connectivity index (χ1n) is 3.99. The number of nitrogens with one attached hydrogen (secondary N) is 1. The summed E-state index contributed by atoms with van der Waals surface area (Å²) < 4.78 is 0. The van der Waals surface area contributed by atoms with Crippen LogP contribution in [0.4, 0.5) is 0 Å². The van der Waals surface area contributed by atoms with E-state index in [1.54, 1.807) is 11.3 Å². The van der Waals surface area contributed by atoms with E-state index in [4.69, 9.17) is 0 Å². The molecule has 1 aliphatic rings. The van der Waals surface area contributed by atoms with Crippen LogP contribution < -0.4 is 5.32 Å². The summed E-state index contributed by atoms with van der Waals surface area (Å²) in [6.45, 7) is 4.33. The van der Waals surface area contributed by atoms with Crippen molar-refractivity contribution in [3.05, 3.63) is 16.1 Å². The third-order valence-electron chi connectivity index (χ3n) is 2.12. The van der Waals surface area contributed by atoms with Crippen LogP contribution in [0.25, 0.3) is 0 Å². The normalized spacial score (nSPS) is 24.3. The topological polar surface area (TPSA) is 24.9 Å². The molecule has 0 saturated carbocycles. The maximum atomic E-state index is 4.47. The number of aromatic nitrogens is 1. The van der Waals surface area contributed by atoms with Gasteiger partial charge in [0.05, 0.1) is 10.7 Å². The SMILES string of the molecule is Cc1nc([C@H]2CCNC2)cs1. The standard InChI is InChI=1S/C8H12N2S/c1-6-10-8(5-11-6)7-2-3-9-4-7/h5,7,9H,2-4H2,1H3/t7-/m0/s1. The van der Waals surface area contributed by atoms with E-state index in [0.717, 1.165) is 13.1 Å². The molecule has 2 nitrogen and oxygen atoms in total. The van der Waals surface area contributed by atoms with E-state index in [2.05, 4.69) is 22.6 Å². The zero-order valence-corrected chi connectivity index (χ0v) is 7.45. The minimum Gasteiger partial charge on any atom is -0.316 e. The lowest BCUT2D eigenvalue weighted by Crippen LogP contribution is -2.08. The second kappa shape index (κ2) is 2.91. The lowest BCUT2D eigenvalue weighted by molar-refractivity contribution is 0.739. The molecule has 1 aromatic heterocycles. The Morgan fingerprint density at radius 2 is 2.64 bits per heavy atom. The Morgan fingerprint density at radius 1 is 1.73 bits per heavy atom. The first-order valence-corrected chi connectivity index (χ1v) is 4.87. The average Bonchev–Trinajstić information content (AvgIpc) is 2.55. The molecule has 1 N–H and O–H groups in total. The predicted octanol–water partition coefficient (Wildman–Crippen LogP) is 1.53. The molecule has 0 amide bonds. The van der Waals surface area contributed by atoms with Gasteiger partial charge >= 0.3 is 0 Å². The molecule has 0 unspecified atom stereocenters. The molecule has 1 fully saturated rings. The third-order valence-corrected chi connectivity index (χ3v) is 2.91. The highest BCUT2D eigenvalue weighted by Crippen LogP contribution is 2.23. The van der Waals surface area contributed by atoms with Crippen molar-refractivity contribution in [2.45, 2.75) is 19.3 Å². The van der Waals surface area contributed by atoms with E-state index >= 15 is 0 Å². The molecular formula is C8H12N2S. The van der Waals surface area contributed by atoms with Crippen molar-refractivity contribution in [2.24, 2.45) is 0 Å². The first kappa shape index (κ1) is 7.25. The van der Waals surface area contributed by atoms with E-state index in [1.165, 1.54) is 17.1 Å². The zero-order chi connectivity index (χ0) is 7.68. The summed E-state index contributed by atoms with van der Waals surface area (Å²) in [5.41, 5.74) is 1.29. The maximum absolute atomic E-state index is 4.47. The molecule has 0 radical (unpaired) electrons. The maximum Gasteiger partial charge on any atom is 0.0897 e. The molecule has 11 heavy (non-hydrogen) atoms. The molecule has 0 bridgehead atoms. The van der Waals surface area contributed by atoms with Crippen molar-refractivity contribution < 1.29 is 0 Å². The highest BCUT2D eigenvalue weighted by Gasteiger charge is 2.18. The van der Waals surface area contributed by atoms with Gasteiger partial charge in [-0.25, -0.2) is 4.98 Å². The van der Waals surface area contributed by atoms with Gasteiger partial charge in [0.15, 0.2) is 0 Å². The predicted molar refractivity (Wildman–Crippen MR) is 47.1 cm³/mol. The summed E-state index contributed by atoms with van der Waals surface area (Å²) in [6.07, 6.45) is 1.25. The Kier molecular flexibility index (Phi) is 1.92. The van der Waals surface area contributed by atoms with Crippen LogP contribution in [-0.4, -0.2) is 18.1 Å². The van der Waals surface area contributed by atoms with Gasteiger partial charge in [0.2, 0.25) is 0 Å². The molecule has 2 rings (SSSR count). The third kappa shape index (κ3) is 1.44. The summed E-state index contributed by atoms with van der Waals surface area (Å²) in [7, 11) is 0. The lowest BCUT2D eigenvalue weighted by Gasteiger charge is -2.01. The number of hydrogen-bond acceptors (Lipinski definition) is 3. The monoisotopic (exact) mass is 168 g/mol. The van der Waals surface area contributed by atoms with Gasteiger partial charge in [-0.15, -0.1) is 11.3 Å². The van der Waals surface area contributed by atoms with Gasteiger partial charge in [-0.3, -0.25) is 0 Å². The second-order valence-corrected chi connectivity index (χ2v) is 4.04. The molecule has 2 heterocycles. The second-order valence-electron chi connectivity index (χ2n) is 2.98. The van der Waals surface area contributed by atoms with E-state index in [9.17, 15) is 0 Å². The Morgan fingerprint density at radius 3 is 3.18 bits per heavy atom. The van der Waals surface area contributed by atoms with Crippen LogP contribution >= 0.6 is 11.3 Å². The van der Waals surface area contributed by atoms with E-state index in [1.807, 2.05) is 0 Å². The number of nitrogens with zero attached hydrogens (tertiary/aromatic N) is 1. The molecule has 1 saturated heterocycles. The lowest BCUT2D eigenvalue weighted by atomic mass is 10.1. The summed E-state index contributed by atoms with van der Waals surface area (Å²) in [5, 5.41) is 6.72. The fourth-order valence-corrected chi connectivity index (χ4v) is 2.17. The smallest absolute Gasteiger partial charge is 0.0897 e. The van der Waals surface area contributed by atoms with Crippen molar-refractivity contribution in [1.29, 1.82) is 0 Å². The van der Waals surface area contributed by atoms with Gasteiger partial charge in [-0.05, 0) is 19.9 Å². The average molecular weight is 168 g/mol. The fourth-order valence-electron chi connectivity index (χ4n) is 1.47. The van der Waals surface area contributed by atoms with Crippen molar-refractivity contribution in [3.63, 3.8) is 0 Å². The first-order chi connectivity index (χ1) is 5.36. The summed E-state index contributed by atoms with van der Waals surface area (Å²) in [5.74, 6) is 0.681. The minimum absolute atomic E-state index is 0.681. The molecular weight excluding hydrogens is 156 g/mol. The Labute approximate surface area is 70.7 Å². The van der Waals surface area contributed by atoms with Gasteiger partial charge in [-0.1, -0.05) is 0 Å². The van der Waals surface area contributed by atoms with Crippen molar-refractivity contribution in [3.8, 4) is 0 Å². The van der Waals surface area contributed by atoms with Gasteiger partial charge in [-0.2, -0.15) is 0 Å². The number of aryl methyl sites for hydroxylation is 1. The van der Waals surface area contributed by atoms with Crippen LogP contribution in [0.3, 0.4) is 0 Å². The zero-order valence-electron chi connectivity index (χ0n) is 6.63. The molecule has 0 aliphatic carbocycles. The highest BCUT2D eigenvalue weighted by atomic mass is 32.1. The van der Waals surface area contributed by atoms with Gasteiger partial charge in [0.1, 0.15) is 0 Å². The molecule has 1 atom stereocenters. The molecule has 0 spiro atoms. The van der Waals surface area contributed by atoms with Crippen molar-refractivity contribution in [2.75, 3.05) is 13.1 Å².